The summed E-state index contributed by atoms with van der Waals surface area (Å²) in [4.78, 5) is 0.246. The second kappa shape index (κ2) is 6.21. The van der Waals surface area contributed by atoms with E-state index in [1.807, 2.05) is 7.05 Å². The molecule has 0 aliphatic heterocycles. The number of furan rings is 1. The van der Waals surface area contributed by atoms with Crippen molar-refractivity contribution in [2.75, 3.05) is 7.05 Å². The highest BCUT2D eigenvalue weighted by Gasteiger charge is 2.19. The van der Waals surface area contributed by atoms with Crippen LogP contribution in [0.1, 0.15) is 24.3 Å². The number of sulfonamides is 1. The lowest BCUT2D eigenvalue weighted by molar-refractivity contribution is 0.459. The zero-order valence-corrected chi connectivity index (χ0v) is 12.3. The summed E-state index contributed by atoms with van der Waals surface area (Å²) < 4.78 is 32.3. The normalized spacial score (nSPS) is 13.3. The number of hydrogen-bond acceptors (Lipinski definition) is 4. The van der Waals surface area contributed by atoms with E-state index in [4.69, 9.17) is 4.42 Å². The summed E-state index contributed by atoms with van der Waals surface area (Å²) in [6.45, 7) is 2.45. The SMILES string of the molecule is CNCc1ccc(S(=O)(=O)NC(C)c2ccco2)cc1. The van der Waals surface area contributed by atoms with Gasteiger partial charge in [-0.15, -0.1) is 0 Å². The molecule has 1 unspecified atom stereocenters. The van der Waals surface area contributed by atoms with Crippen molar-refractivity contribution in [1.29, 1.82) is 0 Å². The number of rotatable bonds is 6. The molecule has 1 aromatic heterocycles. The Kier molecular flexibility index (Phi) is 4.59. The van der Waals surface area contributed by atoms with E-state index in [0.29, 0.717) is 12.3 Å². The molecule has 0 radical (unpaired) electrons. The van der Waals surface area contributed by atoms with Gasteiger partial charge in [0.1, 0.15) is 5.76 Å². The molecule has 2 rings (SSSR count). The Hall–Kier alpha value is -1.63. The molecule has 1 atom stereocenters. The van der Waals surface area contributed by atoms with Gasteiger partial charge in [0.25, 0.3) is 0 Å². The maximum Gasteiger partial charge on any atom is 0.241 e. The number of nitrogens with one attached hydrogen (secondary N) is 2. The van der Waals surface area contributed by atoms with E-state index in [1.165, 1.54) is 6.26 Å². The topological polar surface area (TPSA) is 71.3 Å². The van der Waals surface area contributed by atoms with Crippen molar-refractivity contribution in [1.82, 2.24) is 10.0 Å². The first-order valence-corrected chi connectivity index (χ1v) is 7.80. The Morgan fingerprint density at radius 3 is 2.45 bits per heavy atom. The van der Waals surface area contributed by atoms with Gasteiger partial charge in [0.05, 0.1) is 17.2 Å². The van der Waals surface area contributed by atoms with Crippen molar-refractivity contribution in [2.45, 2.75) is 24.4 Å². The molecule has 0 aliphatic carbocycles. The Morgan fingerprint density at radius 1 is 1.20 bits per heavy atom. The fraction of sp³-hybridized carbons (Fsp3) is 0.286. The van der Waals surface area contributed by atoms with Crippen molar-refractivity contribution in [2.24, 2.45) is 0 Å². The molecule has 0 aliphatic rings. The van der Waals surface area contributed by atoms with Gasteiger partial charge in [-0.3, -0.25) is 0 Å². The summed E-state index contributed by atoms with van der Waals surface area (Å²) in [6.07, 6.45) is 1.52. The van der Waals surface area contributed by atoms with E-state index >= 15 is 0 Å². The predicted molar refractivity (Wildman–Crippen MR) is 76.7 cm³/mol. The third-order valence-electron chi connectivity index (χ3n) is 2.92. The molecule has 20 heavy (non-hydrogen) atoms. The molecule has 6 heteroatoms. The molecule has 2 N–H and O–H groups in total. The van der Waals surface area contributed by atoms with Crippen molar-refractivity contribution >= 4 is 10.0 Å². The summed E-state index contributed by atoms with van der Waals surface area (Å²) >= 11 is 0. The zero-order valence-electron chi connectivity index (χ0n) is 11.5. The monoisotopic (exact) mass is 294 g/mol. The molecule has 2 aromatic rings. The van der Waals surface area contributed by atoms with Crippen LogP contribution in [0.2, 0.25) is 0 Å². The van der Waals surface area contributed by atoms with Crippen molar-refractivity contribution in [3.63, 3.8) is 0 Å². The van der Waals surface area contributed by atoms with Crippen LogP contribution >= 0.6 is 0 Å². The maximum absolute atomic E-state index is 12.2. The standard InChI is InChI=1S/C14H18N2O3S/c1-11(14-4-3-9-19-14)16-20(17,18)13-7-5-12(6-8-13)10-15-2/h3-9,11,15-16H,10H2,1-2H3. The van der Waals surface area contributed by atoms with Gasteiger partial charge < -0.3 is 9.73 Å². The second-order valence-corrected chi connectivity index (χ2v) is 6.25. The number of benzene rings is 1. The maximum atomic E-state index is 12.2. The quantitative estimate of drug-likeness (QED) is 0.855. The highest BCUT2D eigenvalue weighted by atomic mass is 32.2. The van der Waals surface area contributed by atoms with E-state index in [-0.39, 0.29) is 4.90 Å². The van der Waals surface area contributed by atoms with Crippen molar-refractivity contribution in [3.05, 3.63) is 54.0 Å². The largest absolute Gasteiger partial charge is 0.468 e. The fourth-order valence-corrected chi connectivity index (χ4v) is 3.10. The fourth-order valence-electron chi connectivity index (χ4n) is 1.89. The summed E-state index contributed by atoms with van der Waals surface area (Å²) in [5.41, 5.74) is 1.03. The lowest BCUT2D eigenvalue weighted by atomic mass is 10.2. The van der Waals surface area contributed by atoms with Gasteiger partial charge in [-0.05, 0) is 43.8 Å². The molecule has 1 aromatic carbocycles. The molecule has 0 bridgehead atoms. The van der Waals surface area contributed by atoms with Crippen molar-refractivity contribution < 1.29 is 12.8 Å². The minimum Gasteiger partial charge on any atom is -0.468 e. The van der Waals surface area contributed by atoms with Crippen LogP contribution in [0, 0.1) is 0 Å². The smallest absolute Gasteiger partial charge is 0.241 e. The molecular formula is C14H18N2O3S. The first kappa shape index (κ1) is 14.8. The predicted octanol–water partition coefficient (Wildman–Crippen LogP) is 2.04. The molecule has 0 spiro atoms. The van der Waals surface area contributed by atoms with Gasteiger partial charge in [0.15, 0.2) is 0 Å². The molecule has 0 saturated heterocycles. The molecule has 1 heterocycles. The molecular weight excluding hydrogens is 276 g/mol. The number of hydrogen-bond donors (Lipinski definition) is 2. The van der Waals surface area contributed by atoms with Crippen LogP contribution in [0.4, 0.5) is 0 Å². The summed E-state index contributed by atoms with van der Waals surface area (Å²) in [6, 6.07) is 9.85. The minimum atomic E-state index is -3.55. The zero-order chi connectivity index (χ0) is 14.6. The van der Waals surface area contributed by atoms with Crippen LogP contribution in [0.15, 0.2) is 52.0 Å². The van der Waals surface area contributed by atoms with E-state index in [0.717, 1.165) is 5.56 Å². The lowest BCUT2D eigenvalue weighted by Crippen LogP contribution is -2.26. The summed E-state index contributed by atoms with van der Waals surface area (Å²) in [7, 11) is -1.70. The van der Waals surface area contributed by atoms with E-state index in [2.05, 4.69) is 10.0 Å². The summed E-state index contributed by atoms with van der Waals surface area (Å²) in [5.74, 6) is 0.584. The van der Waals surface area contributed by atoms with E-state index in [1.54, 1.807) is 43.3 Å². The molecule has 0 fully saturated rings. The van der Waals surface area contributed by atoms with Crippen LogP contribution in [0.3, 0.4) is 0 Å². The molecule has 5 nitrogen and oxygen atoms in total. The average Bonchev–Trinajstić information content (AvgIpc) is 2.93. The van der Waals surface area contributed by atoms with Crippen molar-refractivity contribution in [3.8, 4) is 0 Å². The highest BCUT2D eigenvalue weighted by molar-refractivity contribution is 7.89. The Bertz CT molecular complexity index is 634. The van der Waals surface area contributed by atoms with Crippen LogP contribution in [0.25, 0.3) is 0 Å². The van der Waals surface area contributed by atoms with E-state index < -0.39 is 16.1 Å². The Labute approximate surface area is 119 Å². The third kappa shape index (κ3) is 3.47. The molecule has 108 valence electrons. The lowest BCUT2D eigenvalue weighted by Gasteiger charge is -2.12. The van der Waals surface area contributed by atoms with Gasteiger partial charge in [0.2, 0.25) is 10.0 Å². The summed E-state index contributed by atoms with van der Waals surface area (Å²) in [5, 5.41) is 3.02. The Morgan fingerprint density at radius 2 is 1.90 bits per heavy atom. The van der Waals surface area contributed by atoms with Gasteiger partial charge >= 0.3 is 0 Å². The van der Waals surface area contributed by atoms with E-state index in [9.17, 15) is 8.42 Å². The van der Waals surface area contributed by atoms with Gasteiger partial charge in [-0.1, -0.05) is 12.1 Å². The van der Waals surface area contributed by atoms with Crippen LogP contribution in [-0.2, 0) is 16.6 Å². The second-order valence-electron chi connectivity index (χ2n) is 4.53. The first-order chi connectivity index (χ1) is 9.53. The molecule has 0 saturated carbocycles. The van der Waals surface area contributed by atoms with Gasteiger partial charge in [-0.25, -0.2) is 13.1 Å². The van der Waals surface area contributed by atoms with Gasteiger partial charge in [0, 0.05) is 6.54 Å². The van der Waals surface area contributed by atoms with Gasteiger partial charge in [-0.2, -0.15) is 0 Å². The van der Waals surface area contributed by atoms with Crippen LogP contribution in [-0.4, -0.2) is 15.5 Å². The first-order valence-electron chi connectivity index (χ1n) is 6.32. The average molecular weight is 294 g/mol. The minimum absolute atomic E-state index is 0.246. The third-order valence-corrected chi connectivity index (χ3v) is 4.47. The molecule has 0 amide bonds. The van der Waals surface area contributed by atoms with Crippen LogP contribution < -0.4 is 10.0 Å². The highest BCUT2D eigenvalue weighted by Crippen LogP contribution is 2.17. The Balaban J connectivity index is 2.13. The van der Waals surface area contributed by atoms with Crippen LogP contribution in [0.5, 0.6) is 0 Å².